The van der Waals surface area contributed by atoms with E-state index >= 15 is 0 Å². The molecule has 26 heavy (non-hydrogen) atoms. The van der Waals surface area contributed by atoms with Crippen molar-refractivity contribution in [3.05, 3.63) is 71.3 Å². The average molecular weight is 388 g/mol. The third-order valence-corrected chi connectivity index (χ3v) is 9.66. The second-order valence-corrected chi connectivity index (χ2v) is 11.3. The molecule has 4 heteroatoms. The van der Waals surface area contributed by atoms with Crippen molar-refractivity contribution in [3.63, 3.8) is 0 Å². The van der Waals surface area contributed by atoms with Crippen LogP contribution in [0.5, 0.6) is 0 Å². The summed E-state index contributed by atoms with van der Waals surface area (Å²) in [7, 11) is 0.752. The third kappa shape index (κ3) is 3.98. The standard InChI is InChI=1S/C22H24F2P2/c1-15-16(2)22(4,25-17(15)3)13-14-26(20-9-5-18(23)6-10-20)21-11-7-19(24)8-12-21/h5-12H,13-14H2,1-4H3. The number of hydrogen-bond donors (Lipinski definition) is 0. The Morgan fingerprint density at radius 3 is 1.69 bits per heavy atom. The molecule has 0 nitrogen and oxygen atoms in total. The molecule has 0 saturated heterocycles. The minimum atomic E-state index is -0.641. The highest BCUT2D eigenvalue weighted by Crippen LogP contribution is 2.47. The van der Waals surface area contributed by atoms with Crippen molar-refractivity contribution in [1.29, 1.82) is 0 Å². The van der Waals surface area contributed by atoms with E-state index in [1.165, 1.54) is 48.9 Å². The van der Waals surface area contributed by atoms with Gasteiger partial charge in [0.05, 0.1) is 0 Å². The van der Waals surface area contributed by atoms with Gasteiger partial charge in [-0.3, -0.25) is 0 Å². The first-order chi connectivity index (χ1) is 12.3. The normalized spacial score (nSPS) is 20.7. The Labute approximate surface area is 157 Å². The number of benzene rings is 2. The molecule has 1 unspecified atom stereocenters. The van der Waals surface area contributed by atoms with Crippen LogP contribution in [0.25, 0.3) is 0 Å². The molecular formula is C22H24F2P2. The van der Waals surface area contributed by atoms with Crippen LogP contribution < -0.4 is 10.6 Å². The lowest BCUT2D eigenvalue weighted by atomic mass is 9.94. The first-order valence-electron chi connectivity index (χ1n) is 8.83. The van der Waals surface area contributed by atoms with Crippen molar-refractivity contribution >= 4 is 32.0 Å². The maximum Gasteiger partial charge on any atom is 0.123 e. The summed E-state index contributed by atoms with van der Waals surface area (Å²) >= 11 is 0. The van der Waals surface area contributed by atoms with Crippen LogP contribution in [-0.2, 0) is 0 Å². The van der Waals surface area contributed by atoms with Crippen molar-refractivity contribution in [2.75, 3.05) is 6.16 Å². The van der Waals surface area contributed by atoms with Crippen LogP contribution in [0.2, 0.25) is 0 Å². The molecule has 0 spiro atoms. The largest absolute Gasteiger partial charge is 0.207 e. The molecule has 0 amide bonds. The van der Waals surface area contributed by atoms with Gasteiger partial charge in [-0.05, 0) is 93.9 Å². The van der Waals surface area contributed by atoms with Gasteiger partial charge in [0.1, 0.15) is 11.6 Å². The molecule has 136 valence electrons. The highest BCUT2D eigenvalue weighted by molar-refractivity contribution is 7.73. The molecule has 0 bridgehead atoms. The van der Waals surface area contributed by atoms with E-state index < -0.39 is 7.92 Å². The highest BCUT2D eigenvalue weighted by atomic mass is 31.1. The van der Waals surface area contributed by atoms with Crippen LogP contribution in [-0.4, -0.2) is 16.6 Å². The minimum absolute atomic E-state index is 0.162. The third-order valence-electron chi connectivity index (χ3n) is 5.43. The van der Waals surface area contributed by atoms with Crippen molar-refractivity contribution in [1.82, 2.24) is 0 Å². The summed E-state index contributed by atoms with van der Waals surface area (Å²) in [5, 5.41) is 3.91. The molecule has 0 saturated carbocycles. The van der Waals surface area contributed by atoms with E-state index in [4.69, 9.17) is 0 Å². The van der Waals surface area contributed by atoms with E-state index in [1.54, 1.807) is 0 Å². The fourth-order valence-corrected chi connectivity index (χ4v) is 7.75. The predicted molar refractivity (Wildman–Crippen MR) is 113 cm³/mol. The van der Waals surface area contributed by atoms with Crippen LogP contribution in [0.4, 0.5) is 8.78 Å². The Balaban J connectivity index is 1.90. The lowest BCUT2D eigenvalue weighted by Gasteiger charge is -2.27. The monoisotopic (exact) mass is 388 g/mol. The summed E-state index contributed by atoms with van der Waals surface area (Å²) in [5.74, 6) is -0.438. The lowest BCUT2D eigenvalue weighted by Crippen LogP contribution is -2.22. The molecule has 1 heterocycles. The summed E-state index contributed by atoms with van der Waals surface area (Å²) in [5.41, 5.74) is 2.91. The molecule has 2 aromatic carbocycles. The van der Waals surface area contributed by atoms with Crippen LogP contribution >= 0.6 is 16.1 Å². The number of hydrogen-bond acceptors (Lipinski definition) is 0. The Hall–Kier alpha value is -1.36. The summed E-state index contributed by atoms with van der Waals surface area (Å²) < 4.78 is 26.8. The molecule has 0 radical (unpaired) electrons. The quantitative estimate of drug-likeness (QED) is 0.548. The van der Waals surface area contributed by atoms with E-state index in [1.807, 2.05) is 24.3 Å². The zero-order chi connectivity index (χ0) is 18.9. The van der Waals surface area contributed by atoms with Gasteiger partial charge in [-0.15, -0.1) is 0 Å². The van der Waals surface area contributed by atoms with Crippen LogP contribution in [0.3, 0.4) is 0 Å². The van der Waals surface area contributed by atoms with Crippen molar-refractivity contribution in [2.45, 2.75) is 39.3 Å². The van der Waals surface area contributed by atoms with E-state index in [-0.39, 0.29) is 16.8 Å². The second kappa shape index (κ2) is 7.71. The zero-order valence-electron chi connectivity index (χ0n) is 15.7. The first-order valence-corrected chi connectivity index (χ1v) is 11.3. The Bertz CT molecular complexity index is 805. The number of rotatable bonds is 5. The Kier molecular flexibility index (Phi) is 5.75. The summed E-state index contributed by atoms with van der Waals surface area (Å²) in [6.07, 6.45) is 2.07. The fraction of sp³-hybridized carbons (Fsp3) is 0.318. The second-order valence-electron chi connectivity index (χ2n) is 7.08. The lowest BCUT2D eigenvalue weighted by molar-refractivity contribution is 0.628. The molecule has 1 atom stereocenters. The van der Waals surface area contributed by atoms with Crippen LogP contribution in [0.1, 0.15) is 34.1 Å². The molecule has 2 aromatic rings. The van der Waals surface area contributed by atoms with Gasteiger partial charge in [-0.2, -0.15) is 0 Å². The van der Waals surface area contributed by atoms with E-state index in [2.05, 4.69) is 27.7 Å². The number of allylic oxidation sites excluding steroid dienone is 2. The molecular weight excluding hydrogens is 364 g/mol. The number of halogens is 2. The molecule has 3 rings (SSSR count). The van der Waals surface area contributed by atoms with E-state index in [9.17, 15) is 8.78 Å². The molecule has 0 aromatic heterocycles. The van der Waals surface area contributed by atoms with Gasteiger partial charge < -0.3 is 0 Å². The van der Waals surface area contributed by atoms with E-state index in [0.717, 1.165) is 23.2 Å². The molecule has 0 N–H and O–H groups in total. The maximum absolute atomic E-state index is 13.4. The Morgan fingerprint density at radius 1 is 0.846 bits per heavy atom. The minimum Gasteiger partial charge on any atom is -0.207 e. The van der Waals surface area contributed by atoms with E-state index in [0.29, 0.717) is 0 Å². The van der Waals surface area contributed by atoms with Crippen molar-refractivity contribution in [2.24, 2.45) is 0 Å². The summed E-state index contributed by atoms with van der Waals surface area (Å²) in [6.45, 7) is 9.02. The van der Waals surface area contributed by atoms with Gasteiger partial charge in [0.15, 0.2) is 0 Å². The van der Waals surface area contributed by atoms with Gasteiger partial charge in [0, 0.05) is 5.16 Å². The summed E-state index contributed by atoms with van der Waals surface area (Å²) in [4.78, 5) is 0. The average Bonchev–Trinajstić information content (AvgIpc) is 2.81. The highest BCUT2D eigenvalue weighted by Gasteiger charge is 2.32. The maximum atomic E-state index is 13.4. The first kappa shape index (κ1) is 19.4. The molecule has 1 aliphatic heterocycles. The van der Waals surface area contributed by atoms with Crippen LogP contribution in [0, 0.1) is 11.6 Å². The smallest absolute Gasteiger partial charge is 0.123 e. The van der Waals surface area contributed by atoms with Gasteiger partial charge in [0.2, 0.25) is 0 Å². The molecule has 0 aliphatic carbocycles. The topological polar surface area (TPSA) is 0 Å². The molecule has 1 aliphatic rings. The van der Waals surface area contributed by atoms with Gasteiger partial charge in [-0.25, -0.2) is 8.78 Å². The predicted octanol–water partition coefficient (Wildman–Crippen LogP) is 6.03. The van der Waals surface area contributed by atoms with Gasteiger partial charge in [-0.1, -0.05) is 38.0 Å². The van der Waals surface area contributed by atoms with Gasteiger partial charge >= 0.3 is 0 Å². The fourth-order valence-electron chi connectivity index (χ4n) is 3.44. The van der Waals surface area contributed by atoms with Gasteiger partial charge in [0.25, 0.3) is 0 Å². The van der Waals surface area contributed by atoms with Crippen LogP contribution in [0.15, 0.2) is 59.7 Å². The van der Waals surface area contributed by atoms with Crippen molar-refractivity contribution in [3.8, 4) is 0 Å². The SMILES string of the molecule is CC1=PC(C)(CCP(c2ccc(F)cc2)c2ccc(F)cc2)C(C)=C1C. The van der Waals surface area contributed by atoms with Crippen molar-refractivity contribution < 1.29 is 8.78 Å². The Morgan fingerprint density at radius 2 is 1.31 bits per heavy atom. The molecule has 0 fully saturated rings. The summed E-state index contributed by atoms with van der Waals surface area (Å²) in [6, 6.07) is 13.6. The zero-order valence-corrected chi connectivity index (χ0v) is 17.5.